The second-order valence-electron chi connectivity index (χ2n) is 19.7. The van der Waals surface area contributed by atoms with Crippen molar-refractivity contribution in [3.05, 3.63) is 90.6 Å². The van der Waals surface area contributed by atoms with Crippen molar-refractivity contribution in [2.45, 2.75) is 30.5 Å². The summed E-state index contributed by atoms with van der Waals surface area (Å²) in [5, 5.41) is 208. The van der Waals surface area contributed by atoms with Crippen molar-refractivity contribution < 1.29 is 158 Å². The molecule has 456 valence electrons. The molecule has 4 bridgehead atoms. The molecule has 0 saturated carbocycles. The predicted octanol–water partition coefficient (Wildman–Crippen LogP) is 3.05. The van der Waals surface area contributed by atoms with Crippen LogP contribution in [0.5, 0.6) is 115 Å². The molecule has 6 heterocycles. The second kappa shape index (κ2) is 19.3. The number of aromatic hydroxyl groups is 18. The van der Waals surface area contributed by atoms with Crippen LogP contribution in [0.3, 0.4) is 0 Å². The number of esters is 5. The number of hydrogen-bond donors (Lipinski definition) is 19. The fraction of sp³-hybridized carbons (Fsp3) is 0.109. The minimum atomic E-state index is -3.06. The van der Waals surface area contributed by atoms with Crippen LogP contribution in [0.4, 0.5) is 0 Å². The first-order valence-corrected chi connectivity index (χ1v) is 24.7. The van der Waals surface area contributed by atoms with Crippen molar-refractivity contribution in [3.63, 3.8) is 0 Å². The molecule has 5 atom stereocenters. The third-order valence-corrected chi connectivity index (χ3v) is 14.7. The summed E-state index contributed by atoms with van der Waals surface area (Å²) >= 11 is 0. The van der Waals surface area contributed by atoms with E-state index >= 15 is 9.59 Å². The smallest absolute Gasteiger partial charge is 0.344 e. The number of carbonyl (C=O) groups is 5. The van der Waals surface area contributed by atoms with Crippen molar-refractivity contribution in [1.29, 1.82) is 0 Å². The van der Waals surface area contributed by atoms with Crippen molar-refractivity contribution in [3.8, 4) is 137 Å². The monoisotopic (exact) mass is 1240 g/mol. The average Bonchev–Trinajstić information content (AvgIpc) is 0.795. The zero-order valence-corrected chi connectivity index (χ0v) is 43.2. The van der Waals surface area contributed by atoms with Crippen molar-refractivity contribution >= 4 is 62.6 Å². The van der Waals surface area contributed by atoms with E-state index in [0.29, 0.717) is 18.2 Å². The highest BCUT2D eigenvalue weighted by Crippen LogP contribution is 2.59. The molecule has 13 rings (SSSR count). The first-order chi connectivity index (χ1) is 41.9. The number of hydrogen-bond acceptors (Lipinski definition) is 34. The molecule has 4 aliphatic rings. The number of aliphatic hydroxyl groups excluding tert-OH is 1. The molecule has 4 aliphatic heterocycles. The Morgan fingerprint density at radius 3 is 1.40 bits per heavy atom. The number of ether oxygens (including phenoxy) is 6. The number of carbonyl (C=O) groups excluding carboxylic acids is 5. The lowest BCUT2D eigenvalue weighted by molar-refractivity contribution is -0.154. The van der Waals surface area contributed by atoms with E-state index < -0.39 is 282 Å². The Morgan fingerprint density at radius 2 is 0.854 bits per heavy atom. The van der Waals surface area contributed by atoms with Crippen LogP contribution in [0.1, 0.15) is 63.5 Å². The van der Waals surface area contributed by atoms with E-state index in [2.05, 4.69) is 0 Å². The molecule has 34 heteroatoms. The number of fused-ring (bicyclic) bond motifs is 6. The maximum absolute atomic E-state index is 15.1. The molecule has 0 radical (unpaired) electrons. The van der Waals surface area contributed by atoms with Gasteiger partial charge in [0.15, 0.2) is 105 Å². The van der Waals surface area contributed by atoms with Crippen LogP contribution in [-0.2, 0) is 23.7 Å². The summed E-state index contributed by atoms with van der Waals surface area (Å²) in [6.07, 6.45) is -14.6. The summed E-state index contributed by atoms with van der Waals surface area (Å²) in [6.45, 7) is -1.74. The summed E-state index contributed by atoms with van der Waals surface area (Å²) in [5.74, 6) is -38.8. The molecular formula is C55H32O34. The van der Waals surface area contributed by atoms with Gasteiger partial charge >= 0.3 is 41.1 Å². The largest absolute Gasteiger partial charge is 0.504 e. The topological polar surface area (TPSA) is 586 Å². The summed E-state index contributed by atoms with van der Waals surface area (Å²) in [6, 6.07) is 2.46. The SMILES string of the molecule is O=C(O[C@H]1COC(=O)c2cc(O)c(O)c(O)c2-c2c(cc(O)c(O)c2O)C(=O)O[C@@H]1[C@H]1OC(=O)c2cc(O)c(O)c(O)c2-c2c(O)c(O)c(O)c3c2C(=O)O[C@H]1[C@H]3O)c1cc(O)c(O)c(O)c1Oc1cc2c(=O)oc3c(O)c(O)cc4c(=O)oc(c1O)c2c34. The third kappa shape index (κ3) is 7.96. The minimum absolute atomic E-state index is 0.236. The lowest BCUT2D eigenvalue weighted by atomic mass is 9.82. The Morgan fingerprint density at radius 1 is 0.416 bits per heavy atom. The van der Waals surface area contributed by atoms with Crippen molar-refractivity contribution in [2.24, 2.45) is 0 Å². The zero-order chi connectivity index (χ0) is 64.3. The molecule has 0 spiro atoms. The number of benzene rings is 7. The highest BCUT2D eigenvalue weighted by molar-refractivity contribution is 6.22. The van der Waals surface area contributed by atoms with E-state index in [0.717, 1.165) is 6.07 Å². The molecule has 0 saturated heterocycles. The van der Waals surface area contributed by atoms with Gasteiger partial charge in [-0.15, -0.1) is 0 Å². The number of phenols is 18. The van der Waals surface area contributed by atoms with Crippen LogP contribution < -0.4 is 16.0 Å². The Bertz CT molecular complexity index is 4900. The van der Waals surface area contributed by atoms with Gasteiger partial charge in [0.25, 0.3) is 0 Å². The minimum Gasteiger partial charge on any atom is -0.504 e. The van der Waals surface area contributed by atoms with Crippen molar-refractivity contribution in [2.75, 3.05) is 6.61 Å². The second-order valence-corrected chi connectivity index (χ2v) is 19.7. The zero-order valence-electron chi connectivity index (χ0n) is 43.2. The first-order valence-electron chi connectivity index (χ1n) is 24.7. The Hall–Kier alpha value is -13.0. The van der Waals surface area contributed by atoms with Crippen LogP contribution in [0.25, 0.3) is 55.0 Å². The first kappa shape index (κ1) is 56.5. The quantitative estimate of drug-likeness (QED) is 0.0387. The summed E-state index contributed by atoms with van der Waals surface area (Å²) < 4.78 is 44.3. The van der Waals surface area contributed by atoms with Crippen LogP contribution in [-0.4, -0.2) is 158 Å². The normalized spacial score (nSPS) is 18.1. The molecule has 9 aromatic rings. The molecule has 34 nitrogen and oxygen atoms in total. The van der Waals surface area contributed by atoms with E-state index in [9.17, 15) is 121 Å². The molecule has 0 aliphatic carbocycles. The lowest BCUT2D eigenvalue weighted by Gasteiger charge is -2.40. The fourth-order valence-corrected chi connectivity index (χ4v) is 10.6. The molecular weight excluding hydrogens is 1200 g/mol. The van der Waals surface area contributed by atoms with Gasteiger partial charge in [0, 0.05) is 50.7 Å². The number of aliphatic hydroxyl groups is 1. The molecule has 7 aromatic carbocycles. The van der Waals surface area contributed by atoms with Gasteiger partial charge < -0.3 is 134 Å². The number of cyclic esters (lactones) is 2. The van der Waals surface area contributed by atoms with Crippen LogP contribution in [0.15, 0.2) is 54.8 Å². The Balaban J connectivity index is 1.08. The average molecular weight is 1240 g/mol. The van der Waals surface area contributed by atoms with Gasteiger partial charge in [-0.3, -0.25) is 0 Å². The molecule has 0 unspecified atom stereocenters. The molecule has 89 heavy (non-hydrogen) atoms. The Labute approximate surface area is 484 Å². The highest BCUT2D eigenvalue weighted by atomic mass is 16.6. The number of rotatable bonds is 5. The van der Waals surface area contributed by atoms with E-state index in [1.165, 1.54) is 0 Å². The van der Waals surface area contributed by atoms with Gasteiger partial charge in [0.1, 0.15) is 18.3 Å². The van der Waals surface area contributed by atoms with Gasteiger partial charge in [-0.05, 0) is 24.3 Å². The Kier molecular flexibility index (Phi) is 12.2. The van der Waals surface area contributed by atoms with E-state index in [1.54, 1.807) is 0 Å². The lowest BCUT2D eigenvalue weighted by Crippen LogP contribution is -2.56. The summed E-state index contributed by atoms with van der Waals surface area (Å²) in [7, 11) is 0. The number of phenolic OH excluding ortho intramolecular Hbond substituents is 18. The third-order valence-electron chi connectivity index (χ3n) is 14.7. The maximum Gasteiger partial charge on any atom is 0.344 e. The molecule has 2 aromatic heterocycles. The van der Waals surface area contributed by atoms with Crippen molar-refractivity contribution in [1.82, 2.24) is 0 Å². The van der Waals surface area contributed by atoms with Gasteiger partial charge in [0.05, 0.1) is 33.0 Å². The van der Waals surface area contributed by atoms with E-state index in [1.807, 2.05) is 0 Å². The maximum atomic E-state index is 15.1. The van der Waals surface area contributed by atoms with Crippen LogP contribution in [0.2, 0.25) is 0 Å². The fourth-order valence-electron chi connectivity index (χ4n) is 10.6. The molecule has 19 N–H and O–H groups in total. The van der Waals surface area contributed by atoms with Gasteiger partial charge in [-0.2, -0.15) is 0 Å². The highest BCUT2D eigenvalue weighted by Gasteiger charge is 2.55. The summed E-state index contributed by atoms with van der Waals surface area (Å²) in [4.78, 5) is 101. The van der Waals surface area contributed by atoms with Gasteiger partial charge in [0.2, 0.25) is 46.0 Å². The standard InChI is InChI=1S/C55H32O34/c56-14-1-8-21(35(67)29(14)61)22-9(2-15(57)30(62)36(22)68)50(76)85-44(48-47-40(72)28-27(55(81)88-47)26(38(70)41(73)39(28)71)23-10(51(77)89-48)3-16(58)31(63)37(23)69)20(7-82-49(8)75)84-54(80)13-5-17(59)32(64)42(74)43(13)83-19-6-12-25-24-11(52(78)87-46(25)34(19)66)4-18(60)33(65)45(24)86-53(12)79/h1-6,20,40,44,47-48,56-74H,7H2/t20-,40-,44-,47-,48+/m0/s1. The predicted molar refractivity (Wildman–Crippen MR) is 280 cm³/mol. The van der Waals surface area contributed by atoms with E-state index in [4.69, 9.17) is 37.3 Å². The van der Waals surface area contributed by atoms with Crippen LogP contribution >= 0.6 is 0 Å². The van der Waals surface area contributed by atoms with Gasteiger partial charge in [-0.25, -0.2) is 33.6 Å². The van der Waals surface area contributed by atoms with E-state index in [-0.39, 0.29) is 12.1 Å². The summed E-state index contributed by atoms with van der Waals surface area (Å²) in [5.41, 5.74) is -17.1. The molecule has 0 amide bonds. The molecule has 0 fully saturated rings. The van der Waals surface area contributed by atoms with Gasteiger partial charge in [-0.1, -0.05) is 0 Å². The van der Waals surface area contributed by atoms with Crippen LogP contribution in [0, 0.1) is 0 Å².